The summed E-state index contributed by atoms with van der Waals surface area (Å²) in [6, 6.07) is 6.88. The van der Waals surface area contributed by atoms with Gasteiger partial charge in [-0.25, -0.2) is 0 Å². The second-order valence-electron chi connectivity index (χ2n) is 5.30. The zero-order chi connectivity index (χ0) is 12.4. The molecule has 0 spiro atoms. The third-order valence-electron chi connectivity index (χ3n) is 3.97. The molecule has 3 nitrogen and oxygen atoms in total. The SMILES string of the molecule is CCC1CN(Cc2ccc3c(c2)NCC3)CCO1. The number of nitrogens with one attached hydrogen (secondary N) is 1. The summed E-state index contributed by atoms with van der Waals surface area (Å²) in [4.78, 5) is 2.51. The van der Waals surface area contributed by atoms with Crippen molar-refractivity contribution in [2.75, 3.05) is 31.6 Å². The molecule has 0 amide bonds. The molecule has 2 heterocycles. The Kier molecular flexibility index (Phi) is 3.52. The van der Waals surface area contributed by atoms with Gasteiger partial charge < -0.3 is 10.1 Å². The van der Waals surface area contributed by atoms with Crippen LogP contribution in [0, 0.1) is 0 Å². The van der Waals surface area contributed by atoms with E-state index in [2.05, 4.69) is 35.3 Å². The number of morpholine rings is 1. The second-order valence-corrected chi connectivity index (χ2v) is 5.30. The van der Waals surface area contributed by atoms with Crippen LogP contribution in [0.5, 0.6) is 0 Å². The van der Waals surface area contributed by atoms with Crippen LogP contribution < -0.4 is 5.32 Å². The predicted octanol–water partition coefficient (Wildman–Crippen LogP) is 2.27. The van der Waals surface area contributed by atoms with E-state index in [-0.39, 0.29) is 0 Å². The standard InChI is InChI=1S/C15H22N2O/c1-2-14-11-17(7-8-18-14)10-12-3-4-13-5-6-16-15(13)9-12/h3-4,9,14,16H,2,5-8,10-11H2,1H3. The first kappa shape index (κ1) is 12.0. The summed E-state index contributed by atoms with van der Waals surface area (Å²) in [5.74, 6) is 0. The maximum Gasteiger partial charge on any atom is 0.0700 e. The highest BCUT2D eigenvalue weighted by molar-refractivity contribution is 5.57. The second kappa shape index (κ2) is 5.29. The Hall–Kier alpha value is -1.06. The summed E-state index contributed by atoms with van der Waals surface area (Å²) in [6.07, 6.45) is 2.71. The van der Waals surface area contributed by atoms with E-state index >= 15 is 0 Å². The van der Waals surface area contributed by atoms with Gasteiger partial charge >= 0.3 is 0 Å². The molecule has 1 saturated heterocycles. The number of ether oxygens (including phenoxy) is 1. The van der Waals surface area contributed by atoms with Crippen molar-refractivity contribution in [2.45, 2.75) is 32.4 Å². The van der Waals surface area contributed by atoms with Gasteiger partial charge in [0.2, 0.25) is 0 Å². The van der Waals surface area contributed by atoms with Gasteiger partial charge in [-0.2, -0.15) is 0 Å². The Balaban J connectivity index is 1.65. The van der Waals surface area contributed by atoms with Crippen molar-refractivity contribution < 1.29 is 4.74 Å². The molecule has 0 saturated carbocycles. The van der Waals surface area contributed by atoms with Crippen LogP contribution >= 0.6 is 0 Å². The van der Waals surface area contributed by atoms with E-state index in [1.807, 2.05) is 0 Å². The zero-order valence-electron chi connectivity index (χ0n) is 11.1. The van der Waals surface area contributed by atoms with Gasteiger partial charge in [-0.3, -0.25) is 4.90 Å². The molecule has 0 aliphatic carbocycles. The molecule has 1 fully saturated rings. The third-order valence-corrected chi connectivity index (χ3v) is 3.97. The van der Waals surface area contributed by atoms with Crippen LogP contribution in [0.2, 0.25) is 0 Å². The van der Waals surface area contributed by atoms with Gasteiger partial charge in [-0.15, -0.1) is 0 Å². The topological polar surface area (TPSA) is 24.5 Å². The van der Waals surface area contributed by atoms with Crippen LogP contribution in [0.4, 0.5) is 5.69 Å². The molecule has 0 bridgehead atoms. The Morgan fingerprint density at radius 3 is 3.28 bits per heavy atom. The van der Waals surface area contributed by atoms with Crippen molar-refractivity contribution in [2.24, 2.45) is 0 Å². The Bertz CT molecular complexity index is 419. The normalized spacial score (nSPS) is 23.7. The summed E-state index contributed by atoms with van der Waals surface area (Å²) < 4.78 is 5.72. The Morgan fingerprint density at radius 2 is 2.39 bits per heavy atom. The van der Waals surface area contributed by atoms with E-state index in [4.69, 9.17) is 4.74 Å². The van der Waals surface area contributed by atoms with E-state index < -0.39 is 0 Å². The van der Waals surface area contributed by atoms with E-state index in [0.717, 1.165) is 39.2 Å². The molecule has 0 radical (unpaired) electrons. The monoisotopic (exact) mass is 246 g/mol. The lowest BCUT2D eigenvalue weighted by atomic mass is 10.1. The van der Waals surface area contributed by atoms with E-state index in [9.17, 15) is 0 Å². The smallest absolute Gasteiger partial charge is 0.0700 e. The molecule has 3 rings (SSSR count). The minimum Gasteiger partial charge on any atom is -0.384 e. The first-order chi connectivity index (χ1) is 8.85. The van der Waals surface area contributed by atoms with Crippen LogP contribution in [0.3, 0.4) is 0 Å². The molecule has 18 heavy (non-hydrogen) atoms. The lowest BCUT2D eigenvalue weighted by Gasteiger charge is -2.32. The first-order valence-corrected chi connectivity index (χ1v) is 7.05. The highest BCUT2D eigenvalue weighted by atomic mass is 16.5. The Labute approximate surface area is 109 Å². The molecule has 0 aromatic heterocycles. The van der Waals surface area contributed by atoms with Crippen LogP contribution in [0.1, 0.15) is 24.5 Å². The summed E-state index contributed by atoms with van der Waals surface area (Å²) in [7, 11) is 0. The minimum absolute atomic E-state index is 0.423. The van der Waals surface area contributed by atoms with Crippen LogP contribution in [0.15, 0.2) is 18.2 Å². The van der Waals surface area contributed by atoms with Crippen molar-refractivity contribution in [1.29, 1.82) is 0 Å². The van der Waals surface area contributed by atoms with E-state index in [1.54, 1.807) is 0 Å². The first-order valence-electron chi connectivity index (χ1n) is 7.05. The molecule has 1 unspecified atom stereocenters. The Morgan fingerprint density at radius 1 is 1.44 bits per heavy atom. The summed E-state index contributed by atoms with van der Waals surface area (Å²) in [6.45, 7) is 7.35. The fourth-order valence-corrected chi connectivity index (χ4v) is 2.87. The molecule has 2 aliphatic heterocycles. The van der Waals surface area contributed by atoms with Crippen LogP contribution in [-0.2, 0) is 17.7 Å². The van der Waals surface area contributed by atoms with Gasteiger partial charge in [0.15, 0.2) is 0 Å². The number of hydrogen-bond acceptors (Lipinski definition) is 3. The quantitative estimate of drug-likeness (QED) is 0.885. The van der Waals surface area contributed by atoms with Gasteiger partial charge in [-0.05, 0) is 30.0 Å². The number of anilines is 1. The van der Waals surface area contributed by atoms with Gasteiger partial charge in [-0.1, -0.05) is 19.1 Å². The number of fused-ring (bicyclic) bond motifs is 1. The van der Waals surface area contributed by atoms with Crippen molar-refractivity contribution in [3.05, 3.63) is 29.3 Å². The molecular weight excluding hydrogens is 224 g/mol. The third kappa shape index (κ3) is 2.52. The fraction of sp³-hybridized carbons (Fsp3) is 0.600. The van der Waals surface area contributed by atoms with Crippen molar-refractivity contribution in [3.63, 3.8) is 0 Å². The van der Waals surface area contributed by atoms with Gasteiger partial charge in [0.05, 0.1) is 12.7 Å². The van der Waals surface area contributed by atoms with E-state index in [1.165, 1.54) is 23.2 Å². The van der Waals surface area contributed by atoms with Crippen molar-refractivity contribution >= 4 is 5.69 Å². The van der Waals surface area contributed by atoms with Crippen molar-refractivity contribution in [1.82, 2.24) is 4.90 Å². The fourth-order valence-electron chi connectivity index (χ4n) is 2.87. The highest BCUT2D eigenvalue weighted by Gasteiger charge is 2.19. The summed E-state index contributed by atoms with van der Waals surface area (Å²) in [5, 5.41) is 3.45. The number of nitrogens with zero attached hydrogens (tertiary/aromatic N) is 1. The largest absolute Gasteiger partial charge is 0.384 e. The molecule has 1 N–H and O–H groups in total. The average molecular weight is 246 g/mol. The predicted molar refractivity (Wildman–Crippen MR) is 73.9 cm³/mol. The van der Waals surface area contributed by atoms with Gasteiger partial charge in [0.25, 0.3) is 0 Å². The number of rotatable bonds is 3. The molecule has 2 aliphatic rings. The molecular formula is C15H22N2O. The molecule has 3 heteroatoms. The van der Waals surface area contributed by atoms with E-state index in [0.29, 0.717) is 6.10 Å². The molecule has 1 aromatic carbocycles. The van der Waals surface area contributed by atoms with Crippen LogP contribution in [-0.4, -0.2) is 37.2 Å². The number of benzene rings is 1. The summed E-state index contributed by atoms with van der Waals surface area (Å²) >= 11 is 0. The number of hydrogen-bond donors (Lipinski definition) is 1. The maximum absolute atomic E-state index is 5.72. The lowest BCUT2D eigenvalue weighted by Crippen LogP contribution is -2.41. The highest BCUT2D eigenvalue weighted by Crippen LogP contribution is 2.24. The van der Waals surface area contributed by atoms with Crippen LogP contribution in [0.25, 0.3) is 0 Å². The average Bonchev–Trinajstić information content (AvgIpc) is 2.86. The molecule has 1 atom stereocenters. The minimum atomic E-state index is 0.423. The van der Waals surface area contributed by atoms with Gasteiger partial charge in [0, 0.05) is 31.9 Å². The van der Waals surface area contributed by atoms with Gasteiger partial charge in [0.1, 0.15) is 0 Å². The van der Waals surface area contributed by atoms with Crippen molar-refractivity contribution in [3.8, 4) is 0 Å². The maximum atomic E-state index is 5.72. The lowest BCUT2D eigenvalue weighted by molar-refractivity contribution is -0.0324. The summed E-state index contributed by atoms with van der Waals surface area (Å²) in [5.41, 5.74) is 4.22. The zero-order valence-corrected chi connectivity index (χ0v) is 11.1. The molecule has 1 aromatic rings. The molecule has 98 valence electrons.